The molecule has 2 rings (SSSR count). The van der Waals surface area contributed by atoms with Gasteiger partial charge < -0.3 is 15.8 Å². The number of carbonyl (C=O) groups is 1. The molecule has 1 aliphatic heterocycles. The van der Waals surface area contributed by atoms with Crippen molar-refractivity contribution in [3.8, 4) is 0 Å². The first kappa shape index (κ1) is 14.8. The van der Waals surface area contributed by atoms with E-state index < -0.39 is 0 Å². The molecule has 1 heterocycles. The molecule has 19 heavy (non-hydrogen) atoms. The van der Waals surface area contributed by atoms with Crippen molar-refractivity contribution in [2.75, 3.05) is 26.3 Å². The number of rotatable bonds is 4. The third-order valence-corrected chi connectivity index (χ3v) is 5.06. The molecule has 0 aromatic heterocycles. The summed E-state index contributed by atoms with van der Waals surface area (Å²) in [5, 5.41) is 3.18. The van der Waals surface area contributed by atoms with E-state index in [1.165, 1.54) is 32.1 Å². The van der Waals surface area contributed by atoms with Crippen molar-refractivity contribution >= 4 is 5.91 Å². The third kappa shape index (κ3) is 3.48. The van der Waals surface area contributed by atoms with Crippen LogP contribution in [0.3, 0.4) is 0 Å². The summed E-state index contributed by atoms with van der Waals surface area (Å²) in [6.07, 6.45) is 7.90. The van der Waals surface area contributed by atoms with Gasteiger partial charge in [0.1, 0.15) is 0 Å². The van der Waals surface area contributed by atoms with Crippen LogP contribution in [0.1, 0.15) is 51.9 Å². The number of carbonyl (C=O) groups excluding carboxylic acids is 1. The lowest BCUT2D eigenvalue weighted by atomic mass is 9.75. The van der Waals surface area contributed by atoms with E-state index in [2.05, 4.69) is 12.2 Å². The number of amides is 1. The van der Waals surface area contributed by atoms with Gasteiger partial charge in [-0.25, -0.2) is 0 Å². The molecule has 4 heteroatoms. The Hall–Kier alpha value is -0.610. The van der Waals surface area contributed by atoms with Crippen LogP contribution in [0.4, 0.5) is 0 Å². The van der Waals surface area contributed by atoms with Gasteiger partial charge in [-0.3, -0.25) is 4.79 Å². The number of hydrogen-bond acceptors (Lipinski definition) is 3. The molecule has 4 nitrogen and oxygen atoms in total. The van der Waals surface area contributed by atoms with Crippen LogP contribution in [0.25, 0.3) is 0 Å². The second kappa shape index (κ2) is 6.23. The first-order valence-corrected chi connectivity index (χ1v) is 7.66. The molecule has 1 amide bonds. The standard InChI is InChI=1S/C15H28N2O2/c1-14(5-3-2-4-6-14)12-17-13(18)15(11-16)7-9-19-10-8-15/h2-12,16H2,1H3,(H,17,18). The zero-order valence-corrected chi connectivity index (χ0v) is 12.2. The number of nitrogens with two attached hydrogens (primary N) is 1. The van der Waals surface area contributed by atoms with Crippen LogP contribution in [-0.4, -0.2) is 32.2 Å². The summed E-state index contributed by atoms with van der Waals surface area (Å²) in [5.41, 5.74) is 5.77. The van der Waals surface area contributed by atoms with E-state index >= 15 is 0 Å². The third-order valence-electron chi connectivity index (χ3n) is 5.06. The Kier molecular flexibility index (Phi) is 4.85. The topological polar surface area (TPSA) is 64.4 Å². The maximum absolute atomic E-state index is 12.5. The smallest absolute Gasteiger partial charge is 0.227 e. The van der Waals surface area contributed by atoms with E-state index in [-0.39, 0.29) is 16.7 Å². The SMILES string of the molecule is CC1(CNC(=O)C2(CN)CCOCC2)CCCCC1. The highest BCUT2D eigenvalue weighted by molar-refractivity contribution is 5.83. The van der Waals surface area contributed by atoms with E-state index in [4.69, 9.17) is 10.5 Å². The monoisotopic (exact) mass is 268 g/mol. The van der Waals surface area contributed by atoms with Crippen LogP contribution < -0.4 is 11.1 Å². The van der Waals surface area contributed by atoms with Crippen molar-refractivity contribution in [3.63, 3.8) is 0 Å². The highest BCUT2D eigenvalue weighted by Crippen LogP contribution is 2.36. The molecule has 0 bridgehead atoms. The molecular formula is C15H28N2O2. The summed E-state index contributed by atoms with van der Waals surface area (Å²) in [7, 11) is 0. The molecule has 0 aromatic rings. The molecule has 0 aromatic carbocycles. The van der Waals surface area contributed by atoms with Gasteiger partial charge in [-0.15, -0.1) is 0 Å². The highest BCUT2D eigenvalue weighted by atomic mass is 16.5. The van der Waals surface area contributed by atoms with Crippen LogP contribution >= 0.6 is 0 Å². The van der Waals surface area contributed by atoms with Crippen LogP contribution in [-0.2, 0) is 9.53 Å². The van der Waals surface area contributed by atoms with Gasteiger partial charge in [0.15, 0.2) is 0 Å². The normalized spacial score (nSPS) is 25.8. The molecule has 0 radical (unpaired) electrons. The van der Waals surface area contributed by atoms with Crippen molar-refractivity contribution < 1.29 is 9.53 Å². The van der Waals surface area contributed by atoms with E-state index in [0.29, 0.717) is 19.8 Å². The van der Waals surface area contributed by atoms with Crippen molar-refractivity contribution in [2.45, 2.75) is 51.9 Å². The summed E-state index contributed by atoms with van der Waals surface area (Å²) in [6, 6.07) is 0. The van der Waals surface area contributed by atoms with Crippen LogP contribution in [0.5, 0.6) is 0 Å². The van der Waals surface area contributed by atoms with Gasteiger partial charge in [0.2, 0.25) is 5.91 Å². The Bertz CT molecular complexity index is 305. The van der Waals surface area contributed by atoms with E-state index in [0.717, 1.165) is 19.4 Å². The van der Waals surface area contributed by atoms with Crippen molar-refractivity contribution in [1.82, 2.24) is 5.32 Å². The van der Waals surface area contributed by atoms with Gasteiger partial charge in [0, 0.05) is 26.3 Å². The highest BCUT2D eigenvalue weighted by Gasteiger charge is 2.39. The Labute approximate surface area is 116 Å². The van der Waals surface area contributed by atoms with Gasteiger partial charge >= 0.3 is 0 Å². The maximum atomic E-state index is 12.5. The average molecular weight is 268 g/mol. The van der Waals surface area contributed by atoms with Gasteiger partial charge in [-0.2, -0.15) is 0 Å². The number of ether oxygens (including phenoxy) is 1. The Morgan fingerprint density at radius 3 is 2.37 bits per heavy atom. The first-order valence-electron chi connectivity index (χ1n) is 7.66. The minimum Gasteiger partial charge on any atom is -0.381 e. The summed E-state index contributed by atoms with van der Waals surface area (Å²) in [6.45, 7) is 4.84. The lowest BCUT2D eigenvalue weighted by molar-refractivity contribution is -0.136. The fourth-order valence-corrected chi connectivity index (χ4v) is 3.35. The van der Waals surface area contributed by atoms with Crippen LogP contribution in [0.2, 0.25) is 0 Å². The second-order valence-corrected chi connectivity index (χ2v) is 6.65. The molecule has 2 aliphatic rings. The zero-order chi connectivity index (χ0) is 13.8. The molecule has 3 N–H and O–H groups in total. The van der Waals surface area contributed by atoms with E-state index in [9.17, 15) is 4.79 Å². The molecule has 2 fully saturated rings. The average Bonchev–Trinajstić information content (AvgIpc) is 2.46. The number of nitrogens with one attached hydrogen (secondary N) is 1. The fraction of sp³-hybridized carbons (Fsp3) is 0.933. The minimum atomic E-state index is -0.386. The molecule has 0 spiro atoms. The van der Waals surface area contributed by atoms with Crippen LogP contribution in [0, 0.1) is 10.8 Å². The minimum absolute atomic E-state index is 0.144. The second-order valence-electron chi connectivity index (χ2n) is 6.65. The molecular weight excluding hydrogens is 240 g/mol. The fourth-order valence-electron chi connectivity index (χ4n) is 3.35. The van der Waals surface area contributed by atoms with E-state index in [1.54, 1.807) is 0 Å². The summed E-state index contributed by atoms with van der Waals surface area (Å²) in [5.74, 6) is 0.144. The van der Waals surface area contributed by atoms with Gasteiger partial charge in [-0.05, 0) is 31.1 Å². The van der Waals surface area contributed by atoms with Crippen molar-refractivity contribution in [1.29, 1.82) is 0 Å². The van der Waals surface area contributed by atoms with E-state index in [1.807, 2.05) is 0 Å². The lowest BCUT2D eigenvalue weighted by Gasteiger charge is -2.38. The quantitative estimate of drug-likeness (QED) is 0.817. The van der Waals surface area contributed by atoms with Crippen molar-refractivity contribution in [3.05, 3.63) is 0 Å². The summed E-state index contributed by atoms with van der Waals surface area (Å²) >= 11 is 0. The predicted molar refractivity (Wildman–Crippen MR) is 75.7 cm³/mol. The molecule has 1 aliphatic carbocycles. The Balaban J connectivity index is 1.88. The maximum Gasteiger partial charge on any atom is 0.227 e. The summed E-state index contributed by atoms with van der Waals surface area (Å²) in [4.78, 5) is 12.5. The molecule has 1 saturated carbocycles. The predicted octanol–water partition coefficient (Wildman–Crippen LogP) is 1.83. The van der Waals surface area contributed by atoms with Gasteiger partial charge in [-0.1, -0.05) is 26.2 Å². The lowest BCUT2D eigenvalue weighted by Crippen LogP contribution is -2.51. The Morgan fingerprint density at radius 2 is 1.79 bits per heavy atom. The van der Waals surface area contributed by atoms with Crippen LogP contribution in [0.15, 0.2) is 0 Å². The molecule has 0 atom stereocenters. The molecule has 1 saturated heterocycles. The molecule has 110 valence electrons. The zero-order valence-electron chi connectivity index (χ0n) is 12.2. The van der Waals surface area contributed by atoms with Gasteiger partial charge in [0.05, 0.1) is 5.41 Å². The molecule has 0 unspecified atom stereocenters. The number of hydrogen-bond donors (Lipinski definition) is 2. The van der Waals surface area contributed by atoms with Crippen molar-refractivity contribution in [2.24, 2.45) is 16.6 Å². The Morgan fingerprint density at radius 1 is 1.16 bits per heavy atom. The first-order chi connectivity index (χ1) is 9.10. The summed E-state index contributed by atoms with van der Waals surface area (Å²) < 4.78 is 5.36. The largest absolute Gasteiger partial charge is 0.381 e. The van der Waals surface area contributed by atoms with Gasteiger partial charge in [0.25, 0.3) is 0 Å².